The summed E-state index contributed by atoms with van der Waals surface area (Å²) in [5, 5.41) is 0. The zero-order chi connectivity index (χ0) is 14.0. The highest BCUT2D eigenvalue weighted by molar-refractivity contribution is 7.89. The van der Waals surface area contributed by atoms with Crippen molar-refractivity contribution in [3.8, 4) is 0 Å². The number of carbonyl (C=O) groups is 1. The van der Waals surface area contributed by atoms with Crippen LogP contribution in [0.3, 0.4) is 0 Å². The van der Waals surface area contributed by atoms with Crippen LogP contribution >= 0.6 is 0 Å². The highest BCUT2D eigenvalue weighted by Gasteiger charge is 2.34. The Morgan fingerprint density at radius 2 is 2.16 bits per heavy atom. The van der Waals surface area contributed by atoms with Crippen LogP contribution in [-0.4, -0.2) is 31.7 Å². The molecule has 1 amide bonds. The predicted molar refractivity (Wildman–Crippen MR) is 70.4 cm³/mol. The molecule has 0 bridgehead atoms. The van der Waals surface area contributed by atoms with E-state index in [1.165, 1.54) is 10.4 Å². The Kier molecular flexibility index (Phi) is 3.88. The Labute approximate surface area is 112 Å². The van der Waals surface area contributed by atoms with Crippen LogP contribution in [0.1, 0.15) is 12.0 Å². The number of hydrogen-bond donors (Lipinski definition) is 2. The average molecular weight is 283 g/mol. The van der Waals surface area contributed by atoms with Crippen molar-refractivity contribution in [2.24, 2.45) is 17.4 Å². The molecule has 2 rings (SSSR count). The van der Waals surface area contributed by atoms with Crippen LogP contribution in [0, 0.1) is 5.92 Å². The summed E-state index contributed by atoms with van der Waals surface area (Å²) in [7, 11) is -3.57. The van der Waals surface area contributed by atoms with Crippen LogP contribution in [0.25, 0.3) is 0 Å². The molecular weight excluding hydrogens is 266 g/mol. The minimum absolute atomic E-state index is 0.157. The highest BCUT2D eigenvalue weighted by Crippen LogP contribution is 2.24. The maximum absolute atomic E-state index is 12.4. The first-order valence-corrected chi connectivity index (χ1v) is 7.47. The third-order valence-electron chi connectivity index (χ3n) is 3.33. The number of hydrogen-bond acceptors (Lipinski definition) is 4. The largest absolute Gasteiger partial charge is 0.369 e. The Morgan fingerprint density at radius 3 is 2.74 bits per heavy atom. The smallest absolute Gasteiger partial charge is 0.243 e. The molecule has 0 radical (unpaired) electrons. The molecule has 1 atom stereocenters. The lowest BCUT2D eigenvalue weighted by atomic mass is 10.1. The fraction of sp³-hybridized carbons (Fsp3) is 0.417. The van der Waals surface area contributed by atoms with Crippen molar-refractivity contribution in [3.05, 3.63) is 29.8 Å². The summed E-state index contributed by atoms with van der Waals surface area (Å²) in [4.78, 5) is 11.3. The maximum Gasteiger partial charge on any atom is 0.243 e. The summed E-state index contributed by atoms with van der Waals surface area (Å²) in [5.41, 5.74) is 11.5. The summed E-state index contributed by atoms with van der Waals surface area (Å²) in [6, 6.07) is 6.53. The first kappa shape index (κ1) is 14.0. The van der Waals surface area contributed by atoms with E-state index in [-0.39, 0.29) is 18.0 Å². The van der Waals surface area contributed by atoms with Gasteiger partial charge in [0.05, 0.1) is 10.8 Å². The molecule has 1 aromatic rings. The summed E-state index contributed by atoms with van der Waals surface area (Å²) in [6.07, 6.45) is 0.477. The van der Waals surface area contributed by atoms with Gasteiger partial charge < -0.3 is 11.5 Å². The normalized spacial score (nSPS) is 20.6. The molecule has 1 heterocycles. The monoisotopic (exact) mass is 283 g/mol. The quantitative estimate of drug-likeness (QED) is 0.787. The van der Waals surface area contributed by atoms with Gasteiger partial charge in [0.25, 0.3) is 0 Å². The van der Waals surface area contributed by atoms with E-state index < -0.39 is 21.8 Å². The fourth-order valence-corrected chi connectivity index (χ4v) is 3.73. The molecule has 1 aliphatic heterocycles. The van der Waals surface area contributed by atoms with Gasteiger partial charge in [0.1, 0.15) is 0 Å². The lowest BCUT2D eigenvalue weighted by Crippen LogP contribution is -2.31. The molecule has 7 heteroatoms. The zero-order valence-corrected chi connectivity index (χ0v) is 11.3. The van der Waals surface area contributed by atoms with Gasteiger partial charge in [0, 0.05) is 19.6 Å². The first-order valence-electron chi connectivity index (χ1n) is 6.03. The van der Waals surface area contributed by atoms with Gasteiger partial charge >= 0.3 is 0 Å². The molecule has 0 spiro atoms. The molecular formula is C12H17N3O3S. The molecule has 0 aromatic heterocycles. The van der Waals surface area contributed by atoms with Gasteiger partial charge in [-0.3, -0.25) is 4.79 Å². The first-order chi connectivity index (χ1) is 8.95. The van der Waals surface area contributed by atoms with Crippen molar-refractivity contribution < 1.29 is 13.2 Å². The maximum atomic E-state index is 12.4. The summed E-state index contributed by atoms with van der Waals surface area (Å²) >= 11 is 0. The van der Waals surface area contributed by atoms with Crippen molar-refractivity contribution in [3.63, 3.8) is 0 Å². The standard InChI is InChI=1S/C12H17N3O3S/c13-7-9-2-1-3-11(6-9)19(17,18)15-5-4-10(8-15)12(14)16/h1-3,6,10H,4-5,7-8,13H2,(H2,14,16). The minimum Gasteiger partial charge on any atom is -0.369 e. The van der Waals surface area contributed by atoms with Crippen LogP contribution in [0.15, 0.2) is 29.2 Å². The van der Waals surface area contributed by atoms with Crippen molar-refractivity contribution in [1.29, 1.82) is 0 Å². The number of amides is 1. The number of rotatable bonds is 4. The van der Waals surface area contributed by atoms with Crippen molar-refractivity contribution in [2.75, 3.05) is 13.1 Å². The Bertz CT molecular complexity index is 586. The second-order valence-corrected chi connectivity index (χ2v) is 6.54. The van der Waals surface area contributed by atoms with Gasteiger partial charge in [-0.25, -0.2) is 8.42 Å². The van der Waals surface area contributed by atoms with Crippen LogP contribution in [0.4, 0.5) is 0 Å². The predicted octanol–water partition coefficient (Wildman–Crippen LogP) is -0.359. The molecule has 4 N–H and O–H groups in total. The second-order valence-electron chi connectivity index (χ2n) is 4.60. The lowest BCUT2D eigenvalue weighted by Gasteiger charge is -2.16. The molecule has 0 aliphatic carbocycles. The van der Waals surface area contributed by atoms with Crippen LogP contribution in [0.2, 0.25) is 0 Å². The molecule has 1 fully saturated rings. The fourth-order valence-electron chi connectivity index (χ4n) is 2.16. The number of sulfonamides is 1. The molecule has 0 saturated carbocycles. The van der Waals surface area contributed by atoms with E-state index in [1.54, 1.807) is 18.2 Å². The molecule has 1 aliphatic rings. The topological polar surface area (TPSA) is 106 Å². The third kappa shape index (κ3) is 2.78. The molecule has 19 heavy (non-hydrogen) atoms. The van der Waals surface area contributed by atoms with Crippen molar-refractivity contribution in [2.45, 2.75) is 17.9 Å². The van der Waals surface area contributed by atoms with E-state index in [0.29, 0.717) is 13.0 Å². The summed E-state index contributed by atoms with van der Waals surface area (Å²) in [5.74, 6) is -0.846. The Hall–Kier alpha value is -1.44. The number of benzene rings is 1. The zero-order valence-electron chi connectivity index (χ0n) is 10.5. The van der Waals surface area contributed by atoms with E-state index in [0.717, 1.165) is 5.56 Å². The molecule has 1 saturated heterocycles. The second kappa shape index (κ2) is 5.28. The van der Waals surface area contributed by atoms with Gasteiger partial charge in [-0.15, -0.1) is 0 Å². The minimum atomic E-state index is -3.57. The van der Waals surface area contributed by atoms with Gasteiger partial charge in [0.15, 0.2) is 0 Å². The van der Waals surface area contributed by atoms with Gasteiger partial charge in [0.2, 0.25) is 15.9 Å². The molecule has 1 unspecified atom stereocenters. The van der Waals surface area contributed by atoms with Gasteiger partial charge in [-0.2, -0.15) is 4.31 Å². The van der Waals surface area contributed by atoms with E-state index in [2.05, 4.69) is 0 Å². The van der Waals surface area contributed by atoms with Crippen LogP contribution < -0.4 is 11.5 Å². The van der Waals surface area contributed by atoms with Gasteiger partial charge in [-0.05, 0) is 24.1 Å². The Morgan fingerprint density at radius 1 is 1.42 bits per heavy atom. The van der Waals surface area contributed by atoms with E-state index in [1.807, 2.05) is 0 Å². The Balaban J connectivity index is 2.25. The number of nitrogens with two attached hydrogens (primary N) is 2. The molecule has 1 aromatic carbocycles. The van der Waals surface area contributed by atoms with Crippen molar-refractivity contribution >= 4 is 15.9 Å². The van der Waals surface area contributed by atoms with E-state index in [9.17, 15) is 13.2 Å². The summed E-state index contributed by atoms with van der Waals surface area (Å²) < 4.78 is 26.1. The molecule has 104 valence electrons. The van der Waals surface area contributed by atoms with Crippen molar-refractivity contribution in [1.82, 2.24) is 4.31 Å². The summed E-state index contributed by atoms with van der Waals surface area (Å²) in [6.45, 7) is 0.764. The molecule has 6 nitrogen and oxygen atoms in total. The van der Waals surface area contributed by atoms with E-state index >= 15 is 0 Å². The number of carbonyl (C=O) groups excluding carboxylic acids is 1. The number of nitrogens with zero attached hydrogens (tertiary/aromatic N) is 1. The SMILES string of the molecule is NCc1cccc(S(=O)(=O)N2CCC(C(N)=O)C2)c1. The van der Waals surface area contributed by atoms with Gasteiger partial charge in [-0.1, -0.05) is 12.1 Å². The van der Waals surface area contributed by atoms with E-state index in [4.69, 9.17) is 11.5 Å². The van der Waals surface area contributed by atoms with Crippen LogP contribution in [-0.2, 0) is 21.4 Å². The average Bonchev–Trinajstić information content (AvgIpc) is 2.89. The number of primary amides is 1. The third-order valence-corrected chi connectivity index (χ3v) is 5.19. The lowest BCUT2D eigenvalue weighted by molar-refractivity contribution is -0.121. The highest BCUT2D eigenvalue weighted by atomic mass is 32.2. The van der Waals surface area contributed by atoms with Crippen LogP contribution in [0.5, 0.6) is 0 Å².